The Morgan fingerprint density at radius 1 is 1.07 bits per heavy atom. The maximum Gasteiger partial charge on any atom is 0.339 e. The molecule has 156 valence electrons. The number of primary amides is 1. The van der Waals surface area contributed by atoms with E-state index in [-0.39, 0.29) is 15.6 Å². The molecular weight excluding hydrogens is 432 g/mol. The number of thioether (sulfide) groups is 1. The Balaban J connectivity index is 1.73. The predicted molar refractivity (Wildman–Crippen MR) is 109 cm³/mol. The van der Waals surface area contributed by atoms with E-state index in [0.29, 0.717) is 23.1 Å². The summed E-state index contributed by atoms with van der Waals surface area (Å²) in [4.78, 5) is 35.9. The van der Waals surface area contributed by atoms with E-state index >= 15 is 0 Å². The van der Waals surface area contributed by atoms with Crippen LogP contribution >= 0.6 is 11.8 Å². The number of hydrogen-bond acceptors (Lipinski definition) is 8. The summed E-state index contributed by atoms with van der Waals surface area (Å²) in [5.74, 6) is -0.826. The highest BCUT2D eigenvalue weighted by atomic mass is 32.2. The van der Waals surface area contributed by atoms with Crippen LogP contribution < -0.4 is 14.7 Å². The fourth-order valence-electron chi connectivity index (χ4n) is 2.48. The van der Waals surface area contributed by atoms with Crippen molar-refractivity contribution in [3.63, 3.8) is 0 Å². The van der Waals surface area contributed by atoms with Crippen LogP contribution in [-0.4, -0.2) is 44.0 Å². The van der Waals surface area contributed by atoms with E-state index in [1.807, 2.05) is 0 Å². The molecule has 1 saturated heterocycles. The average molecular weight is 448 g/mol. The Labute approximate surface area is 176 Å². The number of ether oxygens (including phenoxy) is 1. The van der Waals surface area contributed by atoms with Gasteiger partial charge in [0.2, 0.25) is 5.91 Å². The smallest absolute Gasteiger partial charge is 0.339 e. The number of nitrogens with two attached hydrogens (primary N) is 1. The number of imide groups is 1. The van der Waals surface area contributed by atoms with E-state index in [1.165, 1.54) is 61.7 Å². The Kier molecular flexibility index (Phi) is 6.13. The fraction of sp³-hybridized carbons (Fsp3) is 0.105. The van der Waals surface area contributed by atoms with Crippen LogP contribution in [0.4, 0.5) is 4.79 Å². The van der Waals surface area contributed by atoms with Gasteiger partial charge in [0.25, 0.3) is 11.1 Å². The first-order valence-electron chi connectivity index (χ1n) is 8.42. The summed E-state index contributed by atoms with van der Waals surface area (Å²) in [5, 5.41) is -0.587. The van der Waals surface area contributed by atoms with Crippen LogP contribution in [0.25, 0.3) is 6.08 Å². The first-order valence-corrected chi connectivity index (χ1v) is 10.6. The molecule has 0 aliphatic carbocycles. The SMILES string of the molecule is COc1ccc(S(=O)(=O)Oc2ccc(/C=C3\SC(=O)N(CC(N)=O)C3=O)cc2)cc1. The van der Waals surface area contributed by atoms with E-state index in [1.54, 1.807) is 0 Å². The Morgan fingerprint density at radius 3 is 2.23 bits per heavy atom. The van der Waals surface area contributed by atoms with Gasteiger partial charge in [0.15, 0.2) is 0 Å². The summed E-state index contributed by atoms with van der Waals surface area (Å²) in [6, 6.07) is 11.6. The van der Waals surface area contributed by atoms with Crippen molar-refractivity contribution < 1.29 is 31.7 Å². The minimum atomic E-state index is -4.03. The molecule has 0 radical (unpaired) electrons. The van der Waals surface area contributed by atoms with Crippen molar-refractivity contribution in [3.05, 3.63) is 59.0 Å². The average Bonchev–Trinajstić information content (AvgIpc) is 2.96. The third-order valence-corrected chi connectivity index (χ3v) is 6.09. The quantitative estimate of drug-likeness (QED) is 0.502. The number of rotatable bonds is 7. The molecule has 3 amide bonds. The molecule has 0 bridgehead atoms. The highest BCUT2D eigenvalue weighted by Crippen LogP contribution is 2.32. The number of benzene rings is 2. The van der Waals surface area contributed by atoms with Crippen molar-refractivity contribution in [1.29, 1.82) is 0 Å². The zero-order valence-corrected chi connectivity index (χ0v) is 17.2. The molecule has 0 unspecified atom stereocenters. The fourth-order valence-corrected chi connectivity index (χ4v) is 4.25. The molecule has 11 heteroatoms. The van der Waals surface area contributed by atoms with Crippen LogP contribution in [-0.2, 0) is 19.7 Å². The number of hydrogen-bond donors (Lipinski definition) is 1. The second-order valence-corrected chi connectivity index (χ2v) is 8.56. The van der Waals surface area contributed by atoms with Crippen LogP contribution in [0.1, 0.15) is 5.56 Å². The van der Waals surface area contributed by atoms with Gasteiger partial charge in [0, 0.05) is 0 Å². The summed E-state index contributed by atoms with van der Waals surface area (Å²) in [6.45, 7) is -0.488. The monoisotopic (exact) mass is 448 g/mol. The molecule has 0 aromatic heterocycles. The van der Waals surface area contributed by atoms with Gasteiger partial charge in [-0.3, -0.25) is 19.3 Å². The summed E-state index contributed by atoms with van der Waals surface area (Å²) in [5.41, 5.74) is 5.57. The van der Waals surface area contributed by atoms with Crippen LogP contribution in [0.3, 0.4) is 0 Å². The molecule has 1 heterocycles. The largest absolute Gasteiger partial charge is 0.497 e. The maximum absolute atomic E-state index is 12.4. The predicted octanol–water partition coefficient (Wildman–Crippen LogP) is 1.98. The zero-order chi connectivity index (χ0) is 21.9. The number of methoxy groups -OCH3 is 1. The molecule has 1 aliphatic rings. The molecule has 2 aromatic rings. The molecule has 1 aliphatic heterocycles. The van der Waals surface area contributed by atoms with E-state index in [2.05, 4.69) is 0 Å². The second-order valence-electron chi connectivity index (χ2n) is 6.02. The Morgan fingerprint density at radius 2 is 1.67 bits per heavy atom. The lowest BCUT2D eigenvalue weighted by Gasteiger charge is -2.09. The normalized spacial score (nSPS) is 15.5. The molecule has 0 spiro atoms. The summed E-state index contributed by atoms with van der Waals surface area (Å²) in [7, 11) is -2.56. The first kappa shape index (κ1) is 21.4. The molecule has 1 fully saturated rings. The van der Waals surface area contributed by atoms with Gasteiger partial charge in [-0.15, -0.1) is 0 Å². The van der Waals surface area contributed by atoms with Gasteiger partial charge >= 0.3 is 10.1 Å². The van der Waals surface area contributed by atoms with Gasteiger partial charge in [-0.1, -0.05) is 12.1 Å². The van der Waals surface area contributed by atoms with Gasteiger partial charge in [-0.2, -0.15) is 8.42 Å². The van der Waals surface area contributed by atoms with Crippen molar-refractivity contribution in [2.75, 3.05) is 13.7 Å². The third-order valence-electron chi connectivity index (χ3n) is 3.92. The molecule has 9 nitrogen and oxygen atoms in total. The number of carbonyl (C=O) groups excluding carboxylic acids is 3. The molecule has 0 atom stereocenters. The lowest BCUT2D eigenvalue weighted by molar-refractivity contribution is -0.127. The lowest BCUT2D eigenvalue weighted by atomic mass is 10.2. The molecule has 0 saturated carbocycles. The lowest BCUT2D eigenvalue weighted by Crippen LogP contribution is -2.36. The maximum atomic E-state index is 12.4. The van der Waals surface area contributed by atoms with Gasteiger partial charge in [-0.05, 0) is 59.8 Å². The molecule has 2 N–H and O–H groups in total. The number of carbonyl (C=O) groups is 3. The van der Waals surface area contributed by atoms with Crippen molar-refractivity contribution in [2.24, 2.45) is 5.73 Å². The summed E-state index contributed by atoms with van der Waals surface area (Å²) in [6.07, 6.45) is 1.45. The zero-order valence-electron chi connectivity index (χ0n) is 15.6. The second kappa shape index (κ2) is 8.59. The summed E-state index contributed by atoms with van der Waals surface area (Å²) < 4.78 is 34.8. The van der Waals surface area contributed by atoms with Crippen LogP contribution in [0.5, 0.6) is 11.5 Å². The highest BCUT2D eigenvalue weighted by molar-refractivity contribution is 8.18. The van der Waals surface area contributed by atoms with Crippen LogP contribution in [0, 0.1) is 0 Å². The highest BCUT2D eigenvalue weighted by Gasteiger charge is 2.35. The molecule has 2 aromatic carbocycles. The Bertz CT molecular complexity index is 1120. The van der Waals surface area contributed by atoms with E-state index in [9.17, 15) is 22.8 Å². The number of nitrogens with zero attached hydrogens (tertiary/aromatic N) is 1. The van der Waals surface area contributed by atoms with Crippen molar-refractivity contribution in [2.45, 2.75) is 4.90 Å². The molecule has 30 heavy (non-hydrogen) atoms. The topological polar surface area (TPSA) is 133 Å². The minimum absolute atomic E-state index is 0.0319. The first-order chi connectivity index (χ1) is 14.2. The van der Waals surface area contributed by atoms with Crippen molar-refractivity contribution in [3.8, 4) is 11.5 Å². The number of amides is 3. The van der Waals surface area contributed by atoms with Gasteiger partial charge in [0.05, 0.1) is 12.0 Å². The minimum Gasteiger partial charge on any atom is -0.497 e. The van der Waals surface area contributed by atoms with Crippen molar-refractivity contribution >= 4 is 45.0 Å². The third kappa shape index (κ3) is 4.81. The standard InChI is InChI=1S/C19H16N2O7S2/c1-27-13-6-8-15(9-7-13)30(25,26)28-14-4-2-12(3-5-14)10-16-18(23)21(11-17(20)22)19(24)29-16/h2-10H,11H2,1H3,(H2,20,22)/b16-10-. The van der Waals surface area contributed by atoms with E-state index < -0.39 is 33.7 Å². The van der Waals surface area contributed by atoms with Gasteiger partial charge < -0.3 is 14.7 Å². The summed E-state index contributed by atoms with van der Waals surface area (Å²) >= 11 is 0.686. The van der Waals surface area contributed by atoms with Crippen LogP contribution in [0.2, 0.25) is 0 Å². The van der Waals surface area contributed by atoms with E-state index in [0.717, 1.165) is 4.90 Å². The van der Waals surface area contributed by atoms with E-state index in [4.69, 9.17) is 14.7 Å². The van der Waals surface area contributed by atoms with Crippen molar-refractivity contribution in [1.82, 2.24) is 4.90 Å². The van der Waals surface area contributed by atoms with Gasteiger partial charge in [0.1, 0.15) is 22.9 Å². The molecule has 3 rings (SSSR count). The Hall–Kier alpha value is -3.31. The van der Waals surface area contributed by atoms with Gasteiger partial charge in [-0.25, -0.2) is 0 Å². The van der Waals surface area contributed by atoms with Crippen LogP contribution in [0.15, 0.2) is 58.3 Å². The molecular formula is C19H16N2O7S2.